The number of urea groups is 1. The highest BCUT2D eigenvalue weighted by Gasteiger charge is 2.42. The first-order valence-corrected chi connectivity index (χ1v) is 11.0. The smallest absolute Gasteiger partial charge is 0.315 e. The summed E-state index contributed by atoms with van der Waals surface area (Å²) in [7, 11) is 0. The molecule has 3 N–H and O–H groups in total. The quantitative estimate of drug-likeness (QED) is 0.634. The van der Waals surface area contributed by atoms with Crippen molar-refractivity contribution in [3.63, 3.8) is 0 Å². The highest BCUT2D eigenvalue weighted by Crippen LogP contribution is 2.36. The number of nitrogens with two attached hydrogens (primary N) is 1. The molecule has 1 aromatic heterocycles. The van der Waals surface area contributed by atoms with Gasteiger partial charge in [0.25, 0.3) is 5.19 Å². The molecule has 8 heteroatoms. The van der Waals surface area contributed by atoms with Gasteiger partial charge in [0, 0.05) is 24.7 Å². The van der Waals surface area contributed by atoms with Crippen molar-refractivity contribution >= 4 is 27.6 Å². The molecule has 0 radical (unpaired) electrons. The van der Waals surface area contributed by atoms with Crippen LogP contribution in [-0.4, -0.2) is 34.0 Å². The van der Waals surface area contributed by atoms with E-state index in [1.165, 1.54) is 17.4 Å². The minimum absolute atomic E-state index is 0.271. The van der Waals surface area contributed by atoms with Crippen LogP contribution >= 0.6 is 11.3 Å². The lowest BCUT2D eigenvalue weighted by molar-refractivity contribution is 0.138. The monoisotopic (exact) mass is 426 g/mol. The second-order valence-corrected chi connectivity index (χ2v) is 8.99. The maximum Gasteiger partial charge on any atom is 0.315 e. The van der Waals surface area contributed by atoms with E-state index in [1.807, 2.05) is 35.2 Å². The highest BCUT2D eigenvalue weighted by molar-refractivity contribution is 7.20. The number of carbonyl (C=O) groups is 1. The molecule has 2 aliphatic rings. The van der Waals surface area contributed by atoms with Crippen molar-refractivity contribution in [3.8, 4) is 10.9 Å². The normalized spacial score (nSPS) is 23.1. The number of carbonyl (C=O) groups excluding carboxylic acids is 1. The molecule has 3 aromatic rings. The number of primary amides is 1. The number of para-hydroxylation sites is 1. The Bertz CT molecular complexity index is 1060. The fourth-order valence-electron chi connectivity index (χ4n) is 4.68. The van der Waals surface area contributed by atoms with Crippen LogP contribution in [0.5, 0.6) is 10.9 Å². The van der Waals surface area contributed by atoms with Gasteiger partial charge in [-0.05, 0) is 55.5 Å². The highest BCUT2D eigenvalue weighted by atomic mass is 32.1. The predicted molar refractivity (Wildman–Crippen MR) is 114 cm³/mol. The van der Waals surface area contributed by atoms with E-state index >= 15 is 0 Å². The standard InChI is InChI=1S/C22H23FN4O2S/c23-18-2-1-3-19-20(18)26-22(30-19)29-17-8-4-13(5-9-17)12-25-14-10-15-6-7-16(11-14)27(15)21(24)28/h1-5,8-9,14-16,25H,6-7,10-12H2,(H2,24,28)/t14?,15-,16+. The van der Waals surface area contributed by atoms with Gasteiger partial charge in [0.2, 0.25) is 0 Å². The summed E-state index contributed by atoms with van der Waals surface area (Å²) < 4.78 is 20.4. The molecular weight excluding hydrogens is 403 g/mol. The zero-order chi connectivity index (χ0) is 20.7. The zero-order valence-corrected chi connectivity index (χ0v) is 17.2. The van der Waals surface area contributed by atoms with Gasteiger partial charge in [0.1, 0.15) is 17.1 Å². The van der Waals surface area contributed by atoms with Gasteiger partial charge in [0.05, 0.1) is 4.70 Å². The van der Waals surface area contributed by atoms with Gasteiger partial charge in [-0.25, -0.2) is 9.18 Å². The molecule has 5 rings (SSSR count). The van der Waals surface area contributed by atoms with Gasteiger partial charge < -0.3 is 20.7 Å². The van der Waals surface area contributed by atoms with Crippen LogP contribution in [0.2, 0.25) is 0 Å². The van der Waals surface area contributed by atoms with Crippen molar-refractivity contribution < 1.29 is 13.9 Å². The number of rotatable bonds is 5. The van der Waals surface area contributed by atoms with Crippen molar-refractivity contribution in [2.75, 3.05) is 0 Å². The van der Waals surface area contributed by atoms with Crippen LogP contribution in [-0.2, 0) is 6.54 Å². The number of benzene rings is 2. The number of fused-ring (bicyclic) bond motifs is 3. The molecule has 2 aromatic carbocycles. The van der Waals surface area contributed by atoms with Gasteiger partial charge in [0.15, 0.2) is 0 Å². The number of halogens is 1. The topological polar surface area (TPSA) is 80.5 Å². The van der Waals surface area contributed by atoms with Gasteiger partial charge >= 0.3 is 6.03 Å². The Kier molecular flexibility index (Phi) is 5.04. The second kappa shape index (κ2) is 7.85. The molecule has 3 heterocycles. The van der Waals surface area contributed by atoms with Gasteiger partial charge in [-0.15, -0.1) is 0 Å². The molecule has 2 fully saturated rings. The van der Waals surface area contributed by atoms with Gasteiger partial charge in [-0.1, -0.05) is 29.5 Å². The molecule has 156 valence electrons. The number of thiazole rings is 1. The Hall–Kier alpha value is -2.71. The van der Waals surface area contributed by atoms with Crippen LogP contribution in [0.4, 0.5) is 9.18 Å². The third-order valence-electron chi connectivity index (χ3n) is 6.06. The van der Waals surface area contributed by atoms with Crippen LogP contribution in [0.25, 0.3) is 10.2 Å². The minimum Gasteiger partial charge on any atom is -0.431 e. The van der Waals surface area contributed by atoms with Crippen LogP contribution in [0.15, 0.2) is 42.5 Å². The SMILES string of the molecule is NC(=O)N1[C@@H]2CC[C@H]1CC(NCc1ccc(Oc3nc4c(F)cccc4s3)cc1)C2. The van der Waals surface area contributed by atoms with Crippen molar-refractivity contribution in [1.29, 1.82) is 0 Å². The molecule has 0 saturated carbocycles. The third kappa shape index (κ3) is 3.73. The molecule has 3 atom stereocenters. The molecule has 30 heavy (non-hydrogen) atoms. The molecule has 0 aliphatic carbocycles. The summed E-state index contributed by atoms with van der Waals surface area (Å²) in [5.74, 6) is 0.334. The number of piperidine rings is 1. The lowest BCUT2D eigenvalue weighted by atomic mass is 9.97. The number of aromatic nitrogens is 1. The van der Waals surface area contributed by atoms with Gasteiger partial charge in [-0.3, -0.25) is 0 Å². The average molecular weight is 427 g/mol. The fraction of sp³-hybridized carbons (Fsp3) is 0.364. The Labute approximate surface area is 177 Å². The van der Waals surface area contributed by atoms with Crippen molar-refractivity contribution in [1.82, 2.24) is 15.2 Å². The lowest BCUT2D eigenvalue weighted by Crippen LogP contribution is -2.53. The molecule has 1 unspecified atom stereocenters. The Morgan fingerprint density at radius 2 is 1.93 bits per heavy atom. The first-order valence-electron chi connectivity index (χ1n) is 10.2. The van der Waals surface area contributed by atoms with Crippen molar-refractivity contribution in [3.05, 3.63) is 53.8 Å². The molecule has 2 amide bonds. The number of nitrogens with zero attached hydrogens (tertiary/aromatic N) is 2. The fourth-order valence-corrected chi connectivity index (χ4v) is 5.53. The van der Waals surface area contributed by atoms with E-state index in [4.69, 9.17) is 10.5 Å². The molecule has 2 saturated heterocycles. The summed E-state index contributed by atoms with van der Waals surface area (Å²) in [6.07, 6.45) is 4.00. The lowest BCUT2D eigenvalue weighted by Gasteiger charge is -2.38. The van der Waals surface area contributed by atoms with Crippen LogP contribution in [0.1, 0.15) is 31.2 Å². The first-order chi connectivity index (χ1) is 14.6. The van der Waals surface area contributed by atoms with E-state index in [9.17, 15) is 9.18 Å². The van der Waals surface area contributed by atoms with E-state index in [0.717, 1.165) is 42.5 Å². The third-order valence-corrected chi connectivity index (χ3v) is 6.96. The van der Waals surface area contributed by atoms with Crippen LogP contribution in [0, 0.1) is 5.82 Å². The van der Waals surface area contributed by atoms with E-state index in [2.05, 4.69) is 10.3 Å². The summed E-state index contributed by atoms with van der Waals surface area (Å²) >= 11 is 1.33. The maximum atomic E-state index is 13.8. The van der Waals surface area contributed by atoms with Gasteiger partial charge in [-0.2, -0.15) is 4.98 Å². The molecule has 2 aliphatic heterocycles. The number of ether oxygens (including phenoxy) is 1. The summed E-state index contributed by atoms with van der Waals surface area (Å²) in [4.78, 5) is 17.7. The number of nitrogens with one attached hydrogen (secondary N) is 1. The largest absolute Gasteiger partial charge is 0.431 e. The molecule has 2 bridgehead atoms. The average Bonchev–Trinajstić information content (AvgIpc) is 3.26. The zero-order valence-electron chi connectivity index (χ0n) is 16.4. The van der Waals surface area contributed by atoms with Crippen molar-refractivity contribution in [2.45, 2.75) is 50.4 Å². The summed E-state index contributed by atoms with van der Waals surface area (Å²) in [6.45, 7) is 0.757. The maximum absolute atomic E-state index is 13.8. The second-order valence-electron chi connectivity index (χ2n) is 7.99. The molecule has 0 spiro atoms. The first kappa shape index (κ1) is 19.3. The Balaban J connectivity index is 1.18. The number of hydrogen-bond donors (Lipinski definition) is 2. The predicted octanol–water partition coefficient (Wildman–Crippen LogP) is 4.39. The summed E-state index contributed by atoms with van der Waals surface area (Å²) in [5, 5.41) is 4.05. The molecular formula is C22H23FN4O2S. The van der Waals surface area contributed by atoms with E-state index < -0.39 is 0 Å². The number of hydrogen-bond acceptors (Lipinski definition) is 5. The van der Waals surface area contributed by atoms with E-state index in [0.29, 0.717) is 22.5 Å². The summed E-state index contributed by atoms with van der Waals surface area (Å²) in [5.41, 5.74) is 7.03. The molecule has 6 nitrogen and oxygen atoms in total. The number of amides is 2. The van der Waals surface area contributed by atoms with Crippen LogP contribution < -0.4 is 15.8 Å². The van der Waals surface area contributed by atoms with E-state index in [-0.39, 0.29) is 23.9 Å². The van der Waals surface area contributed by atoms with Crippen molar-refractivity contribution in [2.24, 2.45) is 5.73 Å². The minimum atomic E-state index is -0.338. The van der Waals surface area contributed by atoms with E-state index in [1.54, 1.807) is 6.07 Å². The summed E-state index contributed by atoms with van der Waals surface area (Å²) in [6, 6.07) is 13.4. The van der Waals surface area contributed by atoms with Crippen LogP contribution in [0.3, 0.4) is 0 Å². The Morgan fingerprint density at radius 1 is 1.20 bits per heavy atom. The Morgan fingerprint density at radius 3 is 2.60 bits per heavy atom.